The Morgan fingerprint density at radius 3 is 2.53 bits per heavy atom. The highest BCUT2D eigenvalue weighted by Gasteiger charge is 2.16. The van der Waals surface area contributed by atoms with Crippen LogP contribution in [0.2, 0.25) is 0 Å². The molecule has 94 valence electrons. The number of benzene rings is 1. The van der Waals surface area contributed by atoms with E-state index in [0.29, 0.717) is 18.0 Å². The molecule has 1 amide bonds. The van der Waals surface area contributed by atoms with Crippen molar-refractivity contribution in [1.82, 2.24) is 10.6 Å². The lowest BCUT2D eigenvalue weighted by molar-refractivity contribution is -0.129. The standard InChI is InChI=1S/C13H20N2O2/c1-10(8-14-2)9-15-13(17)12(16)11-6-4-3-5-7-11/h3-7,10,12,14,16H,8-9H2,1-2H3,(H,15,17). The van der Waals surface area contributed by atoms with Crippen LogP contribution in [0.15, 0.2) is 30.3 Å². The second-order valence-corrected chi connectivity index (χ2v) is 4.22. The fourth-order valence-electron chi connectivity index (χ4n) is 1.58. The first kappa shape index (κ1) is 13.7. The predicted octanol–water partition coefficient (Wildman–Crippen LogP) is 0.692. The topological polar surface area (TPSA) is 61.4 Å². The molecule has 0 saturated carbocycles. The first-order valence-corrected chi connectivity index (χ1v) is 5.80. The third kappa shape index (κ3) is 4.54. The number of aliphatic hydroxyl groups is 1. The molecule has 0 saturated heterocycles. The highest BCUT2D eigenvalue weighted by molar-refractivity contribution is 5.81. The molecule has 0 aliphatic carbocycles. The Hall–Kier alpha value is -1.39. The van der Waals surface area contributed by atoms with Crippen LogP contribution in [0, 0.1) is 5.92 Å². The van der Waals surface area contributed by atoms with Crippen LogP contribution in [0.25, 0.3) is 0 Å². The zero-order valence-corrected chi connectivity index (χ0v) is 10.3. The van der Waals surface area contributed by atoms with E-state index in [0.717, 1.165) is 6.54 Å². The maximum absolute atomic E-state index is 11.7. The zero-order valence-electron chi connectivity index (χ0n) is 10.3. The van der Waals surface area contributed by atoms with E-state index in [1.165, 1.54) is 0 Å². The molecule has 4 nitrogen and oxygen atoms in total. The lowest BCUT2D eigenvalue weighted by Crippen LogP contribution is -2.35. The van der Waals surface area contributed by atoms with Crippen molar-refractivity contribution < 1.29 is 9.90 Å². The van der Waals surface area contributed by atoms with Gasteiger partial charge < -0.3 is 15.7 Å². The lowest BCUT2D eigenvalue weighted by atomic mass is 10.1. The van der Waals surface area contributed by atoms with E-state index in [9.17, 15) is 9.90 Å². The van der Waals surface area contributed by atoms with E-state index in [-0.39, 0.29) is 5.91 Å². The molecule has 0 aromatic heterocycles. The van der Waals surface area contributed by atoms with E-state index in [1.54, 1.807) is 24.3 Å². The summed E-state index contributed by atoms with van der Waals surface area (Å²) in [6.07, 6.45) is -1.09. The molecule has 1 rings (SSSR count). The van der Waals surface area contributed by atoms with Gasteiger partial charge in [-0.1, -0.05) is 37.3 Å². The summed E-state index contributed by atoms with van der Waals surface area (Å²) in [4.78, 5) is 11.7. The molecule has 0 heterocycles. The van der Waals surface area contributed by atoms with Crippen molar-refractivity contribution in [3.05, 3.63) is 35.9 Å². The summed E-state index contributed by atoms with van der Waals surface area (Å²) < 4.78 is 0. The Bertz CT molecular complexity index is 341. The average molecular weight is 236 g/mol. The Morgan fingerprint density at radius 2 is 1.94 bits per heavy atom. The molecule has 17 heavy (non-hydrogen) atoms. The number of hydrogen-bond acceptors (Lipinski definition) is 3. The Morgan fingerprint density at radius 1 is 1.29 bits per heavy atom. The van der Waals surface area contributed by atoms with Gasteiger partial charge in [0.15, 0.2) is 6.10 Å². The van der Waals surface area contributed by atoms with Crippen molar-refractivity contribution in [1.29, 1.82) is 0 Å². The normalized spacial score (nSPS) is 14.1. The summed E-state index contributed by atoms with van der Waals surface area (Å²) >= 11 is 0. The van der Waals surface area contributed by atoms with Crippen LogP contribution < -0.4 is 10.6 Å². The van der Waals surface area contributed by atoms with Gasteiger partial charge in [0.2, 0.25) is 0 Å². The van der Waals surface area contributed by atoms with Crippen molar-refractivity contribution in [3.8, 4) is 0 Å². The minimum atomic E-state index is -1.09. The van der Waals surface area contributed by atoms with Crippen LogP contribution in [0.4, 0.5) is 0 Å². The molecule has 0 radical (unpaired) electrons. The monoisotopic (exact) mass is 236 g/mol. The summed E-state index contributed by atoms with van der Waals surface area (Å²) in [5, 5.41) is 15.6. The molecule has 0 bridgehead atoms. The van der Waals surface area contributed by atoms with Crippen LogP contribution in [0.1, 0.15) is 18.6 Å². The summed E-state index contributed by atoms with van der Waals surface area (Å²) in [6, 6.07) is 8.93. The maximum Gasteiger partial charge on any atom is 0.253 e. The van der Waals surface area contributed by atoms with Gasteiger partial charge in [0.25, 0.3) is 5.91 Å². The molecule has 0 aliphatic heterocycles. The molecular weight excluding hydrogens is 216 g/mol. The smallest absolute Gasteiger partial charge is 0.253 e. The minimum absolute atomic E-state index is 0.340. The van der Waals surface area contributed by atoms with Crippen molar-refractivity contribution in [2.24, 2.45) is 5.92 Å². The highest BCUT2D eigenvalue weighted by atomic mass is 16.3. The third-order valence-corrected chi connectivity index (χ3v) is 2.54. The number of nitrogens with one attached hydrogen (secondary N) is 2. The average Bonchev–Trinajstić information content (AvgIpc) is 2.36. The number of hydrogen-bond donors (Lipinski definition) is 3. The molecule has 2 unspecified atom stereocenters. The van der Waals surface area contributed by atoms with Gasteiger partial charge in [0, 0.05) is 6.54 Å². The molecule has 4 heteroatoms. The van der Waals surface area contributed by atoms with Crippen LogP contribution >= 0.6 is 0 Å². The lowest BCUT2D eigenvalue weighted by Gasteiger charge is -2.15. The number of rotatable bonds is 6. The second-order valence-electron chi connectivity index (χ2n) is 4.22. The SMILES string of the molecule is CNCC(C)CNC(=O)C(O)c1ccccc1. The number of carbonyl (C=O) groups is 1. The predicted molar refractivity (Wildman–Crippen MR) is 67.5 cm³/mol. The molecule has 3 N–H and O–H groups in total. The summed E-state index contributed by atoms with van der Waals surface area (Å²) in [5.41, 5.74) is 0.617. The largest absolute Gasteiger partial charge is 0.378 e. The van der Waals surface area contributed by atoms with Gasteiger partial charge in [0.1, 0.15) is 0 Å². The molecule has 0 spiro atoms. The molecule has 0 aliphatic rings. The minimum Gasteiger partial charge on any atom is -0.378 e. The summed E-state index contributed by atoms with van der Waals surface area (Å²) in [7, 11) is 1.87. The maximum atomic E-state index is 11.7. The second kappa shape index (κ2) is 7.04. The van der Waals surface area contributed by atoms with E-state index < -0.39 is 6.10 Å². The van der Waals surface area contributed by atoms with Crippen LogP contribution in [-0.2, 0) is 4.79 Å². The Kier molecular flexibility index (Phi) is 5.66. The first-order chi connectivity index (χ1) is 8.15. The van der Waals surface area contributed by atoms with Crippen LogP contribution in [-0.4, -0.2) is 31.2 Å². The van der Waals surface area contributed by atoms with E-state index in [2.05, 4.69) is 10.6 Å². The van der Waals surface area contributed by atoms with Gasteiger partial charge in [-0.25, -0.2) is 0 Å². The molecule has 1 aromatic rings. The van der Waals surface area contributed by atoms with Gasteiger partial charge in [-0.05, 0) is 25.1 Å². The summed E-state index contributed by atoms with van der Waals surface area (Å²) in [5.74, 6) is -0.00826. The highest BCUT2D eigenvalue weighted by Crippen LogP contribution is 2.11. The van der Waals surface area contributed by atoms with Crippen molar-refractivity contribution >= 4 is 5.91 Å². The third-order valence-electron chi connectivity index (χ3n) is 2.54. The van der Waals surface area contributed by atoms with E-state index in [1.807, 2.05) is 20.0 Å². The Labute approximate surface area is 102 Å². The van der Waals surface area contributed by atoms with E-state index >= 15 is 0 Å². The fourth-order valence-corrected chi connectivity index (χ4v) is 1.58. The number of carbonyl (C=O) groups excluding carboxylic acids is 1. The van der Waals surface area contributed by atoms with Crippen LogP contribution in [0.5, 0.6) is 0 Å². The van der Waals surface area contributed by atoms with Gasteiger partial charge in [-0.2, -0.15) is 0 Å². The number of aliphatic hydroxyl groups excluding tert-OH is 1. The molecule has 2 atom stereocenters. The Balaban J connectivity index is 2.43. The van der Waals surface area contributed by atoms with Crippen molar-refractivity contribution in [2.75, 3.05) is 20.1 Å². The van der Waals surface area contributed by atoms with Crippen molar-refractivity contribution in [2.45, 2.75) is 13.0 Å². The van der Waals surface area contributed by atoms with Crippen LogP contribution in [0.3, 0.4) is 0 Å². The molecule has 0 fully saturated rings. The summed E-state index contributed by atoms with van der Waals surface area (Å²) in [6.45, 7) is 3.43. The van der Waals surface area contributed by atoms with Crippen molar-refractivity contribution in [3.63, 3.8) is 0 Å². The van der Waals surface area contributed by atoms with E-state index in [4.69, 9.17) is 0 Å². The fraction of sp³-hybridized carbons (Fsp3) is 0.462. The van der Waals surface area contributed by atoms with Gasteiger partial charge in [0.05, 0.1) is 0 Å². The first-order valence-electron chi connectivity index (χ1n) is 5.80. The molecular formula is C13H20N2O2. The molecule has 1 aromatic carbocycles. The number of amides is 1. The van der Waals surface area contributed by atoms with Gasteiger partial charge >= 0.3 is 0 Å². The van der Waals surface area contributed by atoms with Gasteiger partial charge in [-0.3, -0.25) is 4.79 Å². The quantitative estimate of drug-likeness (QED) is 0.681. The van der Waals surface area contributed by atoms with Gasteiger partial charge in [-0.15, -0.1) is 0 Å². The zero-order chi connectivity index (χ0) is 12.7.